The molecule has 0 aromatic heterocycles. The van der Waals surface area contributed by atoms with Gasteiger partial charge in [0.15, 0.2) is 5.75 Å². The van der Waals surface area contributed by atoms with Crippen molar-refractivity contribution < 1.29 is 21.4 Å². The first-order chi connectivity index (χ1) is 11.5. The average molecular weight is 346 g/mol. The Hall–Kier alpha value is -2.73. The average Bonchev–Trinajstić information content (AvgIpc) is 2.55. The van der Waals surface area contributed by atoms with Gasteiger partial charge in [-0.3, -0.25) is 0 Å². The predicted molar refractivity (Wildman–Crippen MR) is 86.0 cm³/mol. The first-order valence-corrected chi connectivity index (χ1v) is 8.42. The standard InChI is InChI=1S/C18H12F2O3S/c19-14-10-11-18(16(20)12-14)24(21,22)23-17-9-5-4-8-15(17)13-6-2-1-3-7-13/h1-12H. The summed E-state index contributed by atoms with van der Waals surface area (Å²) in [4.78, 5) is -0.716. The molecule has 0 N–H and O–H groups in total. The Morgan fingerprint density at radius 1 is 0.792 bits per heavy atom. The monoisotopic (exact) mass is 346 g/mol. The van der Waals surface area contributed by atoms with E-state index in [9.17, 15) is 17.2 Å². The molecule has 0 saturated carbocycles. The third kappa shape index (κ3) is 3.28. The molecule has 3 aromatic carbocycles. The molecule has 6 heteroatoms. The third-order valence-corrected chi connectivity index (χ3v) is 4.60. The van der Waals surface area contributed by atoms with Gasteiger partial charge in [-0.2, -0.15) is 8.42 Å². The van der Waals surface area contributed by atoms with Crippen molar-refractivity contribution in [2.75, 3.05) is 0 Å². The number of halogens is 2. The van der Waals surface area contributed by atoms with Gasteiger partial charge in [-0.15, -0.1) is 0 Å². The molecule has 0 bridgehead atoms. The molecule has 122 valence electrons. The Kier molecular flexibility index (Phi) is 4.31. The minimum absolute atomic E-state index is 0.0624. The van der Waals surface area contributed by atoms with Crippen LogP contribution < -0.4 is 4.18 Å². The molecule has 0 unspecified atom stereocenters. The maximum Gasteiger partial charge on any atom is 0.342 e. The highest BCUT2D eigenvalue weighted by atomic mass is 32.2. The molecule has 0 spiro atoms. The molecule has 0 atom stereocenters. The molecule has 0 heterocycles. The summed E-state index contributed by atoms with van der Waals surface area (Å²) >= 11 is 0. The van der Waals surface area contributed by atoms with Crippen molar-refractivity contribution >= 4 is 10.1 Å². The van der Waals surface area contributed by atoms with Crippen LogP contribution in [-0.2, 0) is 10.1 Å². The Morgan fingerprint density at radius 2 is 1.46 bits per heavy atom. The second kappa shape index (κ2) is 6.41. The summed E-state index contributed by atoms with van der Waals surface area (Å²) in [6, 6.07) is 17.8. The Labute approximate surface area is 138 Å². The molecule has 0 amide bonds. The van der Waals surface area contributed by atoms with Crippen LogP contribution in [0.25, 0.3) is 11.1 Å². The van der Waals surface area contributed by atoms with Crippen LogP contribution in [0.5, 0.6) is 5.75 Å². The summed E-state index contributed by atoms with van der Waals surface area (Å²) in [5.74, 6) is -2.00. The van der Waals surface area contributed by atoms with E-state index in [1.165, 1.54) is 6.07 Å². The van der Waals surface area contributed by atoms with E-state index in [1.54, 1.807) is 42.5 Å². The van der Waals surface area contributed by atoms with Crippen molar-refractivity contribution in [2.45, 2.75) is 4.90 Å². The SMILES string of the molecule is O=S(=O)(Oc1ccccc1-c1ccccc1)c1ccc(F)cc1F. The smallest absolute Gasteiger partial charge is 0.342 e. The van der Waals surface area contributed by atoms with Gasteiger partial charge in [-0.05, 0) is 23.8 Å². The summed E-state index contributed by atoms with van der Waals surface area (Å²) in [5, 5.41) is 0. The molecule has 3 aromatic rings. The number of hydrogen-bond acceptors (Lipinski definition) is 3. The third-order valence-electron chi connectivity index (χ3n) is 3.33. The minimum atomic E-state index is -4.43. The Morgan fingerprint density at radius 3 is 2.17 bits per heavy atom. The zero-order valence-corrected chi connectivity index (χ0v) is 13.1. The van der Waals surface area contributed by atoms with Crippen LogP contribution in [0.3, 0.4) is 0 Å². The molecule has 0 radical (unpaired) electrons. The molecule has 3 rings (SSSR count). The van der Waals surface area contributed by atoms with Crippen molar-refractivity contribution in [2.24, 2.45) is 0 Å². The van der Waals surface area contributed by atoms with Crippen molar-refractivity contribution in [1.82, 2.24) is 0 Å². The van der Waals surface area contributed by atoms with E-state index in [1.807, 2.05) is 6.07 Å². The molecular weight excluding hydrogens is 334 g/mol. The van der Waals surface area contributed by atoms with Crippen LogP contribution >= 0.6 is 0 Å². The summed E-state index contributed by atoms with van der Waals surface area (Å²) in [5.41, 5.74) is 1.30. The van der Waals surface area contributed by atoms with E-state index in [2.05, 4.69) is 0 Å². The normalized spacial score (nSPS) is 11.2. The molecule has 0 fully saturated rings. The van der Waals surface area contributed by atoms with Gasteiger partial charge >= 0.3 is 10.1 Å². The quantitative estimate of drug-likeness (QED) is 0.658. The van der Waals surface area contributed by atoms with Crippen LogP contribution in [0, 0.1) is 11.6 Å². The van der Waals surface area contributed by atoms with Gasteiger partial charge in [0.25, 0.3) is 0 Å². The molecule has 3 nitrogen and oxygen atoms in total. The van der Waals surface area contributed by atoms with Gasteiger partial charge in [-0.25, -0.2) is 8.78 Å². The van der Waals surface area contributed by atoms with E-state index in [4.69, 9.17) is 4.18 Å². The van der Waals surface area contributed by atoms with Crippen molar-refractivity contribution in [3.8, 4) is 16.9 Å². The predicted octanol–water partition coefficient (Wildman–Crippen LogP) is 4.40. The van der Waals surface area contributed by atoms with Gasteiger partial charge in [0, 0.05) is 11.6 Å². The maximum absolute atomic E-state index is 13.8. The fourth-order valence-corrected chi connectivity index (χ4v) is 3.24. The van der Waals surface area contributed by atoms with Gasteiger partial charge < -0.3 is 4.18 Å². The molecule has 24 heavy (non-hydrogen) atoms. The van der Waals surface area contributed by atoms with Crippen LogP contribution in [0.1, 0.15) is 0 Å². The summed E-state index contributed by atoms with van der Waals surface area (Å²) in [7, 11) is -4.43. The second-order valence-corrected chi connectivity index (χ2v) is 6.49. The fourth-order valence-electron chi connectivity index (χ4n) is 2.24. The highest BCUT2D eigenvalue weighted by molar-refractivity contribution is 7.87. The topological polar surface area (TPSA) is 43.4 Å². The van der Waals surface area contributed by atoms with Crippen LogP contribution in [0.15, 0.2) is 77.7 Å². The number of hydrogen-bond donors (Lipinski definition) is 0. The zero-order valence-electron chi connectivity index (χ0n) is 12.3. The highest BCUT2D eigenvalue weighted by Crippen LogP contribution is 2.32. The maximum atomic E-state index is 13.8. The lowest BCUT2D eigenvalue weighted by Crippen LogP contribution is -2.12. The van der Waals surface area contributed by atoms with Crippen LogP contribution in [0.2, 0.25) is 0 Å². The fraction of sp³-hybridized carbons (Fsp3) is 0. The second-order valence-electron chi connectivity index (χ2n) is 4.97. The highest BCUT2D eigenvalue weighted by Gasteiger charge is 2.23. The minimum Gasteiger partial charge on any atom is -0.378 e. The Bertz CT molecular complexity index is 971. The lowest BCUT2D eigenvalue weighted by atomic mass is 10.1. The van der Waals surface area contributed by atoms with E-state index < -0.39 is 26.6 Å². The first-order valence-electron chi connectivity index (χ1n) is 7.01. The van der Waals surface area contributed by atoms with Gasteiger partial charge in [0.2, 0.25) is 0 Å². The van der Waals surface area contributed by atoms with Gasteiger partial charge in [0.1, 0.15) is 16.5 Å². The molecule has 0 saturated heterocycles. The number of para-hydroxylation sites is 1. The van der Waals surface area contributed by atoms with E-state index in [-0.39, 0.29) is 5.75 Å². The van der Waals surface area contributed by atoms with Crippen molar-refractivity contribution in [3.63, 3.8) is 0 Å². The molecule has 0 aliphatic heterocycles. The molecular formula is C18H12F2O3S. The summed E-state index contributed by atoms with van der Waals surface area (Å²) in [6.45, 7) is 0. The lowest BCUT2D eigenvalue weighted by molar-refractivity contribution is 0.475. The Balaban J connectivity index is 2.03. The van der Waals surface area contributed by atoms with Crippen molar-refractivity contribution in [3.05, 3.63) is 84.4 Å². The zero-order chi connectivity index (χ0) is 17.2. The van der Waals surface area contributed by atoms with Gasteiger partial charge in [-0.1, -0.05) is 48.5 Å². The van der Waals surface area contributed by atoms with E-state index >= 15 is 0 Å². The van der Waals surface area contributed by atoms with Crippen LogP contribution in [-0.4, -0.2) is 8.42 Å². The number of rotatable bonds is 4. The molecule has 0 aliphatic rings. The summed E-state index contributed by atoms with van der Waals surface area (Å²) < 4.78 is 56.5. The largest absolute Gasteiger partial charge is 0.378 e. The van der Waals surface area contributed by atoms with E-state index in [0.717, 1.165) is 17.7 Å². The summed E-state index contributed by atoms with van der Waals surface area (Å²) in [6.07, 6.45) is 0. The first kappa shape index (κ1) is 16.1. The number of benzene rings is 3. The molecule has 0 aliphatic carbocycles. The van der Waals surface area contributed by atoms with Crippen molar-refractivity contribution in [1.29, 1.82) is 0 Å². The van der Waals surface area contributed by atoms with Crippen LogP contribution in [0.4, 0.5) is 8.78 Å². The lowest BCUT2D eigenvalue weighted by Gasteiger charge is -2.12. The van der Waals surface area contributed by atoms with E-state index in [0.29, 0.717) is 11.6 Å². The van der Waals surface area contributed by atoms with Gasteiger partial charge in [0.05, 0.1) is 0 Å².